The first-order valence-corrected chi connectivity index (χ1v) is 5.81. The van der Waals surface area contributed by atoms with E-state index in [1.54, 1.807) is 0 Å². The van der Waals surface area contributed by atoms with Crippen LogP contribution in [0.25, 0.3) is 0 Å². The van der Waals surface area contributed by atoms with Gasteiger partial charge in [0.15, 0.2) is 9.84 Å². The van der Waals surface area contributed by atoms with Crippen molar-refractivity contribution in [3.05, 3.63) is 0 Å². The lowest BCUT2D eigenvalue weighted by Crippen LogP contribution is -2.12. The zero-order chi connectivity index (χ0) is 8.11. The van der Waals surface area contributed by atoms with E-state index in [0.717, 1.165) is 12.8 Å². The Morgan fingerprint density at radius 2 is 2.27 bits per heavy atom. The molecule has 0 aromatic carbocycles. The van der Waals surface area contributed by atoms with Gasteiger partial charge in [-0.3, -0.25) is 0 Å². The summed E-state index contributed by atoms with van der Waals surface area (Å²) in [7, 11) is -2.69. The summed E-state index contributed by atoms with van der Waals surface area (Å²) < 4.78 is 22.2. The molecular formula is C7H13NO2S. The van der Waals surface area contributed by atoms with E-state index in [4.69, 9.17) is 5.73 Å². The molecule has 0 radical (unpaired) electrons. The fourth-order valence-electron chi connectivity index (χ4n) is 2.19. The lowest BCUT2D eigenvalue weighted by molar-refractivity contribution is 0.518. The molecule has 1 heterocycles. The molecule has 64 valence electrons. The molecule has 0 bridgehead atoms. The second kappa shape index (κ2) is 1.98. The molecule has 0 amide bonds. The van der Waals surface area contributed by atoms with Crippen molar-refractivity contribution in [3.8, 4) is 0 Å². The predicted molar refractivity (Wildman–Crippen MR) is 42.9 cm³/mol. The van der Waals surface area contributed by atoms with Crippen molar-refractivity contribution in [1.29, 1.82) is 0 Å². The van der Waals surface area contributed by atoms with E-state index in [2.05, 4.69) is 0 Å². The summed E-state index contributed by atoms with van der Waals surface area (Å²) in [5.74, 6) is 1.30. The molecule has 11 heavy (non-hydrogen) atoms. The van der Waals surface area contributed by atoms with Crippen molar-refractivity contribution < 1.29 is 8.42 Å². The number of rotatable bonds is 1. The molecule has 2 unspecified atom stereocenters. The van der Waals surface area contributed by atoms with E-state index >= 15 is 0 Å². The highest BCUT2D eigenvalue weighted by atomic mass is 32.2. The van der Waals surface area contributed by atoms with Gasteiger partial charge >= 0.3 is 0 Å². The minimum Gasteiger partial charge on any atom is -0.330 e. The van der Waals surface area contributed by atoms with Gasteiger partial charge in [-0.25, -0.2) is 8.42 Å². The first-order valence-electron chi connectivity index (χ1n) is 3.98. The van der Waals surface area contributed by atoms with Gasteiger partial charge in [0.1, 0.15) is 0 Å². The third kappa shape index (κ3) is 1.08. The van der Waals surface area contributed by atoms with Crippen LogP contribution < -0.4 is 5.73 Å². The fourth-order valence-corrected chi connectivity index (χ4v) is 4.42. The van der Waals surface area contributed by atoms with Gasteiger partial charge < -0.3 is 5.73 Å². The zero-order valence-corrected chi connectivity index (χ0v) is 7.23. The Bertz CT molecular complexity index is 272. The molecule has 1 saturated carbocycles. The topological polar surface area (TPSA) is 60.2 Å². The van der Waals surface area contributed by atoms with Gasteiger partial charge in [-0.1, -0.05) is 0 Å². The molecule has 2 N–H and O–H groups in total. The molecule has 1 saturated heterocycles. The van der Waals surface area contributed by atoms with Gasteiger partial charge in [0.2, 0.25) is 0 Å². The average molecular weight is 175 g/mol. The quantitative estimate of drug-likeness (QED) is 0.599. The van der Waals surface area contributed by atoms with Crippen molar-refractivity contribution in [2.24, 2.45) is 17.1 Å². The molecular weight excluding hydrogens is 162 g/mol. The van der Waals surface area contributed by atoms with Crippen LogP contribution >= 0.6 is 0 Å². The highest BCUT2D eigenvalue weighted by Crippen LogP contribution is 2.58. The van der Waals surface area contributed by atoms with Crippen LogP contribution in [-0.4, -0.2) is 26.5 Å². The normalized spacial score (nSPS) is 46.5. The van der Waals surface area contributed by atoms with Crippen LogP contribution in [0.1, 0.15) is 12.8 Å². The Labute approximate surface area is 66.9 Å². The molecule has 2 rings (SSSR count). The Hall–Kier alpha value is -0.0900. The van der Waals surface area contributed by atoms with E-state index in [1.807, 2.05) is 0 Å². The molecule has 0 aromatic heterocycles. The van der Waals surface area contributed by atoms with Crippen LogP contribution in [0, 0.1) is 11.3 Å². The van der Waals surface area contributed by atoms with E-state index in [0.29, 0.717) is 24.0 Å². The van der Waals surface area contributed by atoms with Crippen LogP contribution in [-0.2, 0) is 9.84 Å². The fraction of sp³-hybridized carbons (Fsp3) is 1.00. The molecule has 3 nitrogen and oxygen atoms in total. The number of hydrogen-bond donors (Lipinski definition) is 1. The smallest absolute Gasteiger partial charge is 0.150 e. The van der Waals surface area contributed by atoms with Crippen molar-refractivity contribution >= 4 is 9.84 Å². The Morgan fingerprint density at radius 1 is 1.55 bits per heavy atom. The van der Waals surface area contributed by atoms with Crippen LogP contribution in [0.15, 0.2) is 0 Å². The van der Waals surface area contributed by atoms with E-state index in [1.165, 1.54) is 0 Å². The molecule has 2 fully saturated rings. The number of hydrogen-bond acceptors (Lipinski definition) is 3. The lowest BCUT2D eigenvalue weighted by atomic mass is 10.0. The summed E-state index contributed by atoms with van der Waals surface area (Å²) in [6.07, 6.45) is 1.90. The highest BCUT2D eigenvalue weighted by molar-refractivity contribution is 7.91. The average Bonchev–Trinajstić information content (AvgIpc) is 2.49. The molecule has 2 atom stereocenters. The second-order valence-electron chi connectivity index (χ2n) is 3.84. The number of sulfone groups is 1. The first-order chi connectivity index (χ1) is 5.08. The molecule has 1 spiro atoms. The predicted octanol–water partition coefficient (Wildman–Crippen LogP) is -0.230. The van der Waals surface area contributed by atoms with Crippen molar-refractivity contribution in [3.63, 3.8) is 0 Å². The SMILES string of the molecule is NCC1CC12CCS(=O)(=O)C2. The zero-order valence-electron chi connectivity index (χ0n) is 6.41. The summed E-state index contributed by atoms with van der Waals surface area (Å²) in [5.41, 5.74) is 5.61. The molecule has 2 aliphatic rings. The molecule has 0 aromatic rings. The van der Waals surface area contributed by atoms with Crippen LogP contribution in [0.4, 0.5) is 0 Å². The van der Waals surface area contributed by atoms with Crippen LogP contribution in [0.2, 0.25) is 0 Å². The van der Waals surface area contributed by atoms with Crippen molar-refractivity contribution in [2.45, 2.75) is 12.8 Å². The Balaban J connectivity index is 2.13. The molecule has 1 aliphatic heterocycles. The van der Waals surface area contributed by atoms with E-state index in [9.17, 15) is 8.42 Å². The first kappa shape index (κ1) is 7.55. The Kier molecular flexibility index (Phi) is 1.36. The molecule has 1 aliphatic carbocycles. The largest absolute Gasteiger partial charge is 0.330 e. The minimum absolute atomic E-state index is 0.133. The van der Waals surface area contributed by atoms with E-state index in [-0.39, 0.29) is 5.41 Å². The second-order valence-corrected chi connectivity index (χ2v) is 6.03. The van der Waals surface area contributed by atoms with Gasteiger partial charge in [-0.2, -0.15) is 0 Å². The summed E-state index contributed by atoms with van der Waals surface area (Å²) in [5, 5.41) is 0. The third-order valence-corrected chi connectivity index (χ3v) is 4.90. The monoisotopic (exact) mass is 175 g/mol. The summed E-state index contributed by atoms with van der Waals surface area (Å²) in [6.45, 7) is 0.662. The summed E-state index contributed by atoms with van der Waals surface area (Å²) in [6, 6.07) is 0. The maximum absolute atomic E-state index is 11.1. The highest BCUT2D eigenvalue weighted by Gasteiger charge is 2.58. The van der Waals surface area contributed by atoms with Gasteiger partial charge in [0.25, 0.3) is 0 Å². The molecule has 4 heteroatoms. The standard InChI is InChI=1S/C7H13NO2S/c8-4-6-3-7(6)1-2-11(9,10)5-7/h6H,1-5,8H2. The van der Waals surface area contributed by atoms with Crippen LogP contribution in [0.3, 0.4) is 0 Å². The maximum Gasteiger partial charge on any atom is 0.150 e. The van der Waals surface area contributed by atoms with Crippen molar-refractivity contribution in [2.75, 3.05) is 18.1 Å². The van der Waals surface area contributed by atoms with Gasteiger partial charge in [0, 0.05) is 0 Å². The van der Waals surface area contributed by atoms with Crippen LogP contribution in [0.5, 0.6) is 0 Å². The van der Waals surface area contributed by atoms with Gasteiger partial charge in [-0.15, -0.1) is 0 Å². The maximum atomic E-state index is 11.1. The summed E-state index contributed by atoms with van der Waals surface area (Å²) >= 11 is 0. The number of nitrogens with two attached hydrogens (primary N) is 1. The third-order valence-electron chi connectivity index (χ3n) is 3.06. The van der Waals surface area contributed by atoms with E-state index < -0.39 is 9.84 Å². The Morgan fingerprint density at radius 3 is 2.64 bits per heavy atom. The van der Waals surface area contributed by atoms with Crippen molar-refractivity contribution in [1.82, 2.24) is 0 Å². The van der Waals surface area contributed by atoms with Gasteiger partial charge in [-0.05, 0) is 30.7 Å². The minimum atomic E-state index is -2.69. The van der Waals surface area contributed by atoms with Gasteiger partial charge in [0.05, 0.1) is 11.5 Å². The lowest BCUT2D eigenvalue weighted by Gasteiger charge is -2.02. The summed E-state index contributed by atoms with van der Waals surface area (Å²) in [4.78, 5) is 0.